The number of aliphatic hydroxyl groups is 1. The largest absolute Gasteiger partial charge is 0.511 e. The number of para-hydroxylation sites is 2. The van der Waals surface area contributed by atoms with E-state index in [0.29, 0.717) is 5.52 Å². The van der Waals surface area contributed by atoms with Crippen molar-refractivity contribution in [3.05, 3.63) is 75.4 Å². The van der Waals surface area contributed by atoms with Gasteiger partial charge in [0.1, 0.15) is 22.6 Å². The number of fused-ring (bicyclic) bond motifs is 3. The first-order valence-corrected chi connectivity index (χ1v) is 9.57. The topological polar surface area (TPSA) is 88.0 Å². The van der Waals surface area contributed by atoms with Crippen molar-refractivity contribution in [2.24, 2.45) is 0 Å². The Labute approximate surface area is 168 Å². The molecule has 146 valence electrons. The zero-order valence-corrected chi connectivity index (χ0v) is 16.4. The van der Waals surface area contributed by atoms with Gasteiger partial charge >= 0.3 is 0 Å². The minimum atomic E-state index is -0.609. The van der Waals surface area contributed by atoms with Gasteiger partial charge in [0.25, 0.3) is 5.56 Å². The fourth-order valence-corrected chi connectivity index (χ4v) is 4.03. The first kappa shape index (κ1) is 18.9. The van der Waals surface area contributed by atoms with Crippen LogP contribution >= 0.6 is 11.8 Å². The predicted molar refractivity (Wildman–Crippen MR) is 111 cm³/mol. The van der Waals surface area contributed by atoms with Crippen LogP contribution in [0.1, 0.15) is 13.8 Å². The highest BCUT2D eigenvalue weighted by molar-refractivity contribution is 8.03. The molecule has 0 amide bonds. The molecule has 0 fully saturated rings. The van der Waals surface area contributed by atoms with Crippen LogP contribution in [0, 0.1) is 5.82 Å². The Kier molecular flexibility index (Phi) is 4.71. The van der Waals surface area contributed by atoms with E-state index >= 15 is 0 Å². The summed E-state index contributed by atoms with van der Waals surface area (Å²) in [6.07, 6.45) is 0. The van der Waals surface area contributed by atoms with Crippen molar-refractivity contribution in [2.45, 2.75) is 19.0 Å². The number of aromatic amines is 1. The molecule has 0 spiro atoms. The second-order valence-electron chi connectivity index (χ2n) is 6.45. The summed E-state index contributed by atoms with van der Waals surface area (Å²) in [5, 5.41) is 10.7. The Hall–Kier alpha value is -3.39. The van der Waals surface area contributed by atoms with Crippen LogP contribution in [0.3, 0.4) is 0 Å². The standard InChI is InChI=1S/C21H16FN3O3S/c1-11(26)19(12(2)27)29-21-24-17-13-7-3-5-9-15(13)23-18(17)20(28)25(21)16-10-6-4-8-14(16)22/h3-10,23,26H,1-2H3/b19-11-. The molecule has 0 unspecified atom stereocenters. The van der Waals surface area contributed by atoms with Crippen LogP contribution in [0.5, 0.6) is 0 Å². The molecule has 29 heavy (non-hydrogen) atoms. The van der Waals surface area contributed by atoms with Crippen molar-refractivity contribution in [2.75, 3.05) is 0 Å². The average Bonchev–Trinajstić information content (AvgIpc) is 3.06. The van der Waals surface area contributed by atoms with Gasteiger partial charge in [0.05, 0.1) is 10.6 Å². The summed E-state index contributed by atoms with van der Waals surface area (Å²) in [5.74, 6) is -1.19. The molecule has 0 saturated heterocycles. The maximum Gasteiger partial charge on any atom is 0.283 e. The molecule has 4 aromatic rings. The second kappa shape index (κ2) is 7.21. The van der Waals surface area contributed by atoms with Gasteiger partial charge in [0.2, 0.25) is 0 Å². The van der Waals surface area contributed by atoms with Gasteiger partial charge < -0.3 is 10.1 Å². The van der Waals surface area contributed by atoms with Crippen molar-refractivity contribution < 1.29 is 14.3 Å². The number of nitrogens with one attached hydrogen (secondary N) is 1. The van der Waals surface area contributed by atoms with E-state index in [9.17, 15) is 19.1 Å². The fourth-order valence-electron chi connectivity index (χ4n) is 3.15. The Morgan fingerprint density at radius 1 is 1.14 bits per heavy atom. The number of H-pyrrole nitrogens is 1. The molecule has 0 aliphatic rings. The van der Waals surface area contributed by atoms with Crippen molar-refractivity contribution in [3.8, 4) is 5.69 Å². The van der Waals surface area contributed by atoms with Crippen molar-refractivity contribution in [1.82, 2.24) is 14.5 Å². The number of Topliss-reactive ketones (excluding diaryl/α,β-unsaturated/α-hetero) is 1. The molecule has 0 aliphatic carbocycles. The molecule has 4 rings (SSSR count). The number of hydrogen-bond donors (Lipinski definition) is 2. The molecule has 2 heterocycles. The van der Waals surface area contributed by atoms with Crippen molar-refractivity contribution in [3.63, 3.8) is 0 Å². The number of carbonyl (C=O) groups excluding carboxylic acids is 1. The summed E-state index contributed by atoms with van der Waals surface area (Å²) in [6.45, 7) is 2.68. The minimum Gasteiger partial charge on any atom is -0.511 e. The fraction of sp³-hybridized carbons (Fsp3) is 0.0952. The van der Waals surface area contributed by atoms with Crippen LogP contribution in [0.15, 0.2) is 69.1 Å². The number of nitrogens with zero attached hydrogens (tertiary/aromatic N) is 2. The summed E-state index contributed by atoms with van der Waals surface area (Å²) in [6, 6.07) is 13.1. The average molecular weight is 409 g/mol. The zero-order chi connectivity index (χ0) is 20.7. The van der Waals surface area contributed by atoms with E-state index in [1.54, 1.807) is 6.07 Å². The third-order valence-corrected chi connectivity index (χ3v) is 5.67. The lowest BCUT2D eigenvalue weighted by atomic mass is 10.2. The predicted octanol–water partition coefficient (Wildman–Crippen LogP) is 4.48. The minimum absolute atomic E-state index is 0.00607. The quantitative estimate of drug-likeness (QED) is 0.225. The summed E-state index contributed by atoms with van der Waals surface area (Å²) in [7, 11) is 0. The smallest absolute Gasteiger partial charge is 0.283 e. The molecule has 0 aliphatic heterocycles. The number of ketones is 1. The monoisotopic (exact) mass is 409 g/mol. The highest BCUT2D eigenvalue weighted by Crippen LogP contribution is 2.32. The normalized spacial score (nSPS) is 12.4. The van der Waals surface area contributed by atoms with Crippen molar-refractivity contribution >= 4 is 39.5 Å². The molecule has 2 aromatic heterocycles. The number of rotatable bonds is 4. The molecule has 0 radical (unpaired) electrons. The van der Waals surface area contributed by atoms with E-state index in [2.05, 4.69) is 9.97 Å². The van der Waals surface area contributed by atoms with Gasteiger partial charge in [-0.2, -0.15) is 0 Å². The van der Waals surface area contributed by atoms with E-state index in [1.807, 2.05) is 24.3 Å². The second-order valence-corrected chi connectivity index (χ2v) is 7.43. The third kappa shape index (κ3) is 3.21. The lowest BCUT2D eigenvalue weighted by Gasteiger charge is -2.13. The van der Waals surface area contributed by atoms with Gasteiger partial charge in [-0.3, -0.25) is 14.2 Å². The molecular formula is C21H16FN3O3S. The number of aromatic nitrogens is 3. The van der Waals surface area contributed by atoms with Crippen molar-refractivity contribution in [1.29, 1.82) is 0 Å². The number of aliphatic hydroxyl groups excluding tert-OH is 1. The number of allylic oxidation sites excluding steroid dienone is 2. The summed E-state index contributed by atoms with van der Waals surface area (Å²) < 4.78 is 15.7. The van der Waals surface area contributed by atoms with Crippen LogP contribution < -0.4 is 5.56 Å². The first-order valence-electron chi connectivity index (χ1n) is 8.75. The van der Waals surface area contributed by atoms with Gasteiger partial charge in [-0.05, 0) is 43.8 Å². The van der Waals surface area contributed by atoms with E-state index in [0.717, 1.165) is 27.2 Å². The Balaban J connectivity index is 2.11. The highest BCUT2D eigenvalue weighted by Gasteiger charge is 2.22. The summed E-state index contributed by atoms with van der Waals surface area (Å²) >= 11 is 0.827. The highest BCUT2D eigenvalue weighted by atomic mass is 32.2. The molecular weight excluding hydrogens is 393 g/mol. The molecule has 2 aromatic carbocycles. The Morgan fingerprint density at radius 3 is 2.52 bits per heavy atom. The molecule has 8 heteroatoms. The van der Waals surface area contributed by atoms with E-state index in [-0.39, 0.29) is 32.8 Å². The van der Waals surface area contributed by atoms with Crippen LogP contribution in [-0.2, 0) is 4.79 Å². The number of hydrogen-bond acceptors (Lipinski definition) is 5. The molecule has 0 saturated carbocycles. The van der Waals surface area contributed by atoms with E-state index in [4.69, 9.17) is 0 Å². The maximum atomic E-state index is 14.6. The summed E-state index contributed by atoms with van der Waals surface area (Å²) in [4.78, 5) is 33.0. The van der Waals surface area contributed by atoms with Gasteiger partial charge in [0, 0.05) is 10.9 Å². The van der Waals surface area contributed by atoms with E-state index < -0.39 is 11.4 Å². The number of carbonyl (C=O) groups is 1. The van der Waals surface area contributed by atoms with Gasteiger partial charge in [-0.25, -0.2) is 9.37 Å². The lowest BCUT2D eigenvalue weighted by molar-refractivity contribution is -0.113. The van der Waals surface area contributed by atoms with Crippen LogP contribution in [0.4, 0.5) is 4.39 Å². The Bertz CT molecular complexity index is 1370. The third-order valence-electron chi connectivity index (χ3n) is 4.43. The van der Waals surface area contributed by atoms with Crippen LogP contribution in [0.2, 0.25) is 0 Å². The van der Waals surface area contributed by atoms with Crippen LogP contribution in [-0.4, -0.2) is 25.4 Å². The Morgan fingerprint density at radius 2 is 1.83 bits per heavy atom. The molecule has 0 bridgehead atoms. The molecule has 0 atom stereocenters. The van der Waals surface area contributed by atoms with Crippen LogP contribution in [0.25, 0.3) is 27.6 Å². The van der Waals surface area contributed by atoms with Gasteiger partial charge in [0.15, 0.2) is 10.9 Å². The molecule has 2 N–H and O–H groups in total. The lowest BCUT2D eigenvalue weighted by Crippen LogP contribution is -2.23. The van der Waals surface area contributed by atoms with Gasteiger partial charge in [-0.15, -0.1) is 0 Å². The number of halogens is 1. The zero-order valence-electron chi connectivity index (χ0n) is 15.6. The SMILES string of the molecule is CC(=O)/C(Sc1nc2c([nH]c3ccccc32)c(=O)n1-c1ccccc1F)=C(\C)O. The number of benzene rings is 2. The maximum absolute atomic E-state index is 14.6. The molecule has 6 nitrogen and oxygen atoms in total. The number of thioether (sulfide) groups is 1. The van der Waals surface area contributed by atoms with E-state index in [1.165, 1.54) is 32.0 Å². The summed E-state index contributed by atoms with van der Waals surface area (Å²) in [5.41, 5.74) is 0.867. The van der Waals surface area contributed by atoms with Gasteiger partial charge in [-0.1, -0.05) is 30.3 Å². The first-order chi connectivity index (χ1) is 13.9.